The van der Waals surface area contributed by atoms with E-state index in [1.165, 1.54) is 0 Å². The second kappa shape index (κ2) is 16.3. The molecule has 5 atom stereocenters. The number of amides is 4. The van der Waals surface area contributed by atoms with Gasteiger partial charge in [-0.15, -0.1) is 0 Å². The van der Waals surface area contributed by atoms with Crippen LogP contribution in [0.5, 0.6) is 0 Å². The first-order valence-corrected chi connectivity index (χ1v) is 12.4. The number of nitrogens with two attached hydrogens (primary N) is 3. The molecule has 0 aliphatic rings. The Morgan fingerprint density at radius 2 is 1.51 bits per heavy atom. The van der Waals surface area contributed by atoms with Gasteiger partial charge in [-0.3, -0.25) is 19.2 Å². The van der Waals surface area contributed by atoms with E-state index in [9.17, 15) is 29.1 Å². The van der Waals surface area contributed by atoms with E-state index in [0.29, 0.717) is 37.8 Å². The van der Waals surface area contributed by atoms with E-state index in [1.807, 2.05) is 0 Å². The molecule has 0 radical (unpaired) electrons. The van der Waals surface area contributed by atoms with Crippen molar-refractivity contribution in [1.82, 2.24) is 16.0 Å². The van der Waals surface area contributed by atoms with E-state index in [0.717, 1.165) is 0 Å². The van der Waals surface area contributed by atoms with Crippen molar-refractivity contribution in [2.45, 2.75) is 76.5 Å². The van der Waals surface area contributed by atoms with Crippen LogP contribution in [0.3, 0.4) is 0 Å². The molecule has 12 heteroatoms. The summed E-state index contributed by atoms with van der Waals surface area (Å²) in [7, 11) is 0. The van der Waals surface area contributed by atoms with Gasteiger partial charge in [0.05, 0.1) is 12.5 Å². The highest BCUT2D eigenvalue weighted by Gasteiger charge is 2.32. The van der Waals surface area contributed by atoms with Crippen LogP contribution in [0.1, 0.15) is 51.5 Å². The number of hydrogen-bond acceptors (Lipinski definition) is 7. The lowest BCUT2D eigenvalue weighted by Gasteiger charge is -2.26. The van der Waals surface area contributed by atoms with Gasteiger partial charge < -0.3 is 38.3 Å². The maximum absolute atomic E-state index is 13.1. The second-order valence-corrected chi connectivity index (χ2v) is 9.08. The Labute approximate surface area is 217 Å². The number of carboxylic acid groups (broad SMARTS) is 1. The molecule has 5 unspecified atom stereocenters. The van der Waals surface area contributed by atoms with Crippen LogP contribution in [0.25, 0.3) is 0 Å². The summed E-state index contributed by atoms with van der Waals surface area (Å²) < 4.78 is 0. The van der Waals surface area contributed by atoms with Gasteiger partial charge in [-0.25, -0.2) is 4.79 Å². The second-order valence-electron chi connectivity index (χ2n) is 9.08. The first-order valence-electron chi connectivity index (χ1n) is 12.4. The summed E-state index contributed by atoms with van der Waals surface area (Å²) in [6, 6.07) is 4.15. The number of benzene rings is 1. The maximum atomic E-state index is 13.1. The van der Waals surface area contributed by atoms with Gasteiger partial charge in [0.2, 0.25) is 23.6 Å². The molecule has 10 N–H and O–H groups in total. The summed E-state index contributed by atoms with van der Waals surface area (Å²) in [5.41, 5.74) is 17.3. The Bertz CT molecular complexity index is 912. The third-order valence-corrected chi connectivity index (χ3v) is 6.04. The Balaban J connectivity index is 3.10. The number of carbonyl (C=O) groups excluding carboxylic acids is 4. The average molecular weight is 521 g/mol. The van der Waals surface area contributed by atoms with Crippen molar-refractivity contribution in [3.8, 4) is 0 Å². The third kappa shape index (κ3) is 11.4. The molecule has 0 saturated heterocycles. The van der Waals surface area contributed by atoms with E-state index in [2.05, 4.69) is 16.0 Å². The zero-order valence-electron chi connectivity index (χ0n) is 21.4. The molecule has 0 spiro atoms. The Kier molecular flexibility index (Phi) is 13.9. The summed E-state index contributed by atoms with van der Waals surface area (Å²) >= 11 is 0. The quantitative estimate of drug-likeness (QED) is 0.128. The number of unbranched alkanes of at least 4 members (excludes halogenated alkanes) is 1. The summed E-state index contributed by atoms with van der Waals surface area (Å²) in [5.74, 6) is -4.60. The van der Waals surface area contributed by atoms with Crippen molar-refractivity contribution in [1.29, 1.82) is 0 Å². The van der Waals surface area contributed by atoms with Gasteiger partial charge >= 0.3 is 5.97 Å². The van der Waals surface area contributed by atoms with E-state index >= 15 is 0 Å². The molecule has 206 valence electrons. The summed E-state index contributed by atoms with van der Waals surface area (Å²) in [6.45, 7) is 3.94. The molecule has 0 aromatic heterocycles. The van der Waals surface area contributed by atoms with Gasteiger partial charge in [0, 0.05) is 6.42 Å². The molecule has 0 saturated carbocycles. The molecule has 0 aliphatic carbocycles. The van der Waals surface area contributed by atoms with Crippen molar-refractivity contribution in [2.75, 3.05) is 6.54 Å². The molecule has 0 aliphatic heterocycles. The van der Waals surface area contributed by atoms with Crippen LogP contribution >= 0.6 is 0 Å². The maximum Gasteiger partial charge on any atom is 0.326 e. The van der Waals surface area contributed by atoms with E-state index in [-0.39, 0.29) is 12.3 Å². The van der Waals surface area contributed by atoms with Crippen LogP contribution in [0.15, 0.2) is 30.3 Å². The lowest BCUT2D eigenvalue weighted by molar-refractivity contribution is -0.144. The van der Waals surface area contributed by atoms with Gasteiger partial charge in [0.25, 0.3) is 0 Å². The van der Waals surface area contributed by atoms with E-state index in [4.69, 9.17) is 17.2 Å². The SMILES string of the molecule is CCC(C)C(NC(=O)C(Cc1ccccc1)NC(=O)C(CC(N)=O)NC(=O)C(N)CCCCN)C(=O)O. The Morgan fingerprint density at radius 1 is 0.919 bits per heavy atom. The zero-order chi connectivity index (χ0) is 28.0. The largest absolute Gasteiger partial charge is 0.480 e. The van der Waals surface area contributed by atoms with Crippen molar-refractivity contribution in [2.24, 2.45) is 23.1 Å². The lowest BCUT2D eigenvalue weighted by Crippen LogP contribution is -2.58. The predicted octanol–water partition coefficient (Wildman–Crippen LogP) is -0.854. The molecular weight excluding hydrogens is 480 g/mol. The van der Waals surface area contributed by atoms with E-state index in [1.54, 1.807) is 44.2 Å². The van der Waals surface area contributed by atoms with Crippen molar-refractivity contribution >= 4 is 29.6 Å². The Morgan fingerprint density at radius 3 is 2.05 bits per heavy atom. The smallest absolute Gasteiger partial charge is 0.326 e. The standard InChI is InChI=1S/C25H40N6O6/c1-3-15(2)21(25(36)37)31-24(35)18(13-16-9-5-4-6-10-16)30-23(34)19(14-20(28)32)29-22(33)17(27)11-7-8-12-26/h4-6,9-10,15,17-19,21H,3,7-8,11-14,26-27H2,1-2H3,(H2,28,32)(H,29,33)(H,30,34)(H,31,35)(H,36,37). The lowest BCUT2D eigenvalue weighted by atomic mass is 9.98. The number of primary amides is 1. The van der Waals surface area contributed by atoms with Crippen molar-refractivity contribution in [3.63, 3.8) is 0 Å². The highest BCUT2D eigenvalue weighted by molar-refractivity contribution is 5.96. The van der Waals surface area contributed by atoms with Crippen LogP contribution in [-0.2, 0) is 30.4 Å². The fraction of sp³-hybridized carbons (Fsp3) is 0.560. The molecule has 1 rings (SSSR count). The molecule has 37 heavy (non-hydrogen) atoms. The van der Waals surface area contributed by atoms with Crippen molar-refractivity contribution in [3.05, 3.63) is 35.9 Å². The van der Waals surface area contributed by atoms with Gasteiger partial charge in [0.1, 0.15) is 18.1 Å². The van der Waals surface area contributed by atoms with E-state index < -0.39 is 60.2 Å². The first-order chi connectivity index (χ1) is 17.5. The molecule has 0 bridgehead atoms. The average Bonchev–Trinajstić information content (AvgIpc) is 2.85. The van der Waals surface area contributed by atoms with Crippen molar-refractivity contribution < 1.29 is 29.1 Å². The van der Waals surface area contributed by atoms with Gasteiger partial charge in [-0.05, 0) is 30.9 Å². The number of hydrogen-bond donors (Lipinski definition) is 7. The van der Waals surface area contributed by atoms with Gasteiger partial charge in [-0.2, -0.15) is 0 Å². The monoisotopic (exact) mass is 520 g/mol. The van der Waals surface area contributed by atoms with Crippen LogP contribution in [0.4, 0.5) is 0 Å². The van der Waals surface area contributed by atoms with Crippen LogP contribution in [-0.4, -0.2) is 65.4 Å². The van der Waals surface area contributed by atoms with Crippen LogP contribution in [0.2, 0.25) is 0 Å². The minimum atomic E-state index is -1.37. The van der Waals surface area contributed by atoms with Crippen LogP contribution < -0.4 is 33.2 Å². The first kappa shape index (κ1) is 31.5. The number of nitrogens with one attached hydrogen (secondary N) is 3. The zero-order valence-corrected chi connectivity index (χ0v) is 21.4. The minimum absolute atomic E-state index is 0.0428. The summed E-state index contributed by atoms with van der Waals surface area (Å²) in [5, 5.41) is 17.1. The third-order valence-electron chi connectivity index (χ3n) is 6.04. The summed E-state index contributed by atoms with van der Waals surface area (Å²) in [6.07, 6.45) is 1.65. The molecule has 1 aromatic carbocycles. The number of rotatable bonds is 17. The van der Waals surface area contributed by atoms with Crippen LogP contribution in [0, 0.1) is 5.92 Å². The van der Waals surface area contributed by atoms with Gasteiger partial charge in [-0.1, -0.05) is 57.0 Å². The number of carbonyl (C=O) groups is 5. The molecule has 0 heterocycles. The molecular formula is C25H40N6O6. The predicted molar refractivity (Wildman–Crippen MR) is 138 cm³/mol. The topological polar surface area (TPSA) is 220 Å². The number of aliphatic carboxylic acids is 1. The fourth-order valence-electron chi connectivity index (χ4n) is 3.60. The molecule has 4 amide bonds. The highest BCUT2D eigenvalue weighted by atomic mass is 16.4. The molecule has 1 aromatic rings. The molecule has 12 nitrogen and oxygen atoms in total. The molecule has 0 fully saturated rings. The number of carboxylic acids is 1. The minimum Gasteiger partial charge on any atom is -0.480 e. The normalized spacial score (nSPS) is 14.9. The van der Waals surface area contributed by atoms with Gasteiger partial charge in [0.15, 0.2) is 0 Å². The fourth-order valence-corrected chi connectivity index (χ4v) is 3.60. The summed E-state index contributed by atoms with van der Waals surface area (Å²) in [4.78, 5) is 62.1. The highest BCUT2D eigenvalue weighted by Crippen LogP contribution is 2.10. The Hall–Kier alpha value is -3.51.